The molecule has 1 saturated heterocycles. The molecule has 1 aliphatic carbocycles. The minimum absolute atomic E-state index is 0.00842. The highest BCUT2D eigenvalue weighted by Crippen LogP contribution is 2.57. The fraction of sp³-hybridized carbons (Fsp3) is 0.762. The van der Waals surface area contributed by atoms with Crippen molar-refractivity contribution in [3.8, 4) is 0 Å². The van der Waals surface area contributed by atoms with Gasteiger partial charge in [0.2, 0.25) is 6.29 Å². The van der Waals surface area contributed by atoms with E-state index in [2.05, 4.69) is 10.6 Å². The molecule has 3 rings (SSSR count). The Morgan fingerprint density at radius 2 is 1.90 bits per heavy atom. The van der Waals surface area contributed by atoms with Crippen LogP contribution in [0.5, 0.6) is 0 Å². The fourth-order valence-corrected chi connectivity index (χ4v) is 4.24. The predicted molar refractivity (Wildman–Crippen MR) is 108 cm³/mol. The molecule has 2 heterocycles. The molecule has 1 saturated carbocycles. The lowest BCUT2D eigenvalue weighted by atomic mass is 9.83. The third-order valence-corrected chi connectivity index (χ3v) is 5.66. The molecule has 0 unspecified atom stereocenters. The quantitative estimate of drug-likeness (QED) is 0.350. The monoisotopic (exact) mass is 440 g/mol. The van der Waals surface area contributed by atoms with Gasteiger partial charge < -0.3 is 34.3 Å². The lowest BCUT2D eigenvalue weighted by Gasteiger charge is -2.35. The zero-order chi connectivity index (χ0) is 22.8. The Morgan fingerprint density at radius 1 is 1.19 bits per heavy atom. The molecule has 31 heavy (non-hydrogen) atoms. The first-order chi connectivity index (χ1) is 14.7. The number of esters is 1. The van der Waals surface area contributed by atoms with Crippen LogP contribution in [0.2, 0.25) is 0 Å². The van der Waals surface area contributed by atoms with Crippen molar-refractivity contribution in [1.82, 2.24) is 10.6 Å². The molecule has 10 heteroatoms. The maximum absolute atomic E-state index is 12.3. The van der Waals surface area contributed by atoms with Crippen molar-refractivity contribution >= 4 is 18.2 Å². The molecule has 0 bridgehead atoms. The third-order valence-electron chi connectivity index (χ3n) is 5.66. The summed E-state index contributed by atoms with van der Waals surface area (Å²) in [5, 5.41) is 5.11. The number of fused-ring (bicyclic) bond motifs is 2. The molecule has 2 N–H and O–H groups in total. The average molecular weight is 440 g/mol. The van der Waals surface area contributed by atoms with E-state index in [9.17, 15) is 14.4 Å². The maximum atomic E-state index is 12.3. The molecule has 2 amide bonds. The number of carbonyl (C=O) groups excluding carboxylic acids is 3. The summed E-state index contributed by atoms with van der Waals surface area (Å²) in [7, 11) is 1.47. The molecule has 2 aliphatic heterocycles. The Labute approximate surface area is 181 Å². The summed E-state index contributed by atoms with van der Waals surface area (Å²) in [6.07, 6.45) is -0.331. The summed E-state index contributed by atoms with van der Waals surface area (Å²) in [5.74, 6) is -0.803. The normalized spacial score (nSPS) is 30.9. The van der Waals surface area contributed by atoms with Gasteiger partial charge in [-0.1, -0.05) is 13.8 Å². The summed E-state index contributed by atoms with van der Waals surface area (Å²) >= 11 is 0. The molecule has 0 radical (unpaired) electrons. The smallest absolute Gasteiger partial charge is 0.407 e. The van der Waals surface area contributed by atoms with Crippen LogP contribution in [0.3, 0.4) is 0 Å². The van der Waals surface area contributed by atoms with E-state index in [1.54, 1.807) is 0 Å². The Morgan fingerprint density at radius 3 is 2.48 bits per heavy atom. The molecular formula is C21H32N2O8. The average Bonchev–Trinajstić information content (AvgIpc) is 3.39. The van der Waals surface area contributed by atoms with Gasteiger partial charge in [0, 0.05) is 31.0 Å². The first kappa shape index (κ1) is 23.2. The summed E-state index contributed by atoms with van der Waals surface area (Å²) in [6.45, 7) is 7.91. The Kier molecular flexibility index (Phi) is 6.98. The van der Waals surface area contributed by atoms with E-state index in [1.807, 2.05) is 27.7 Å². The van der Waals surface area contributed by atoms with E-state index in [4.69, 9.17) is 23.7 Å². The summed E-state index contributed by atoms with van der Waals surface area (Å²) in [6, 6.07) is -0.0725. The van der Waals surface area contributed by atoms with Crippen LogP contribution < -0.4 is 10.6 Å². The number of ether oxygens (including phenoxy) is 5. The highest BCUT2D eigenvalue weighted by atomic mass is 16.7. The molecule has 0 aromatic carbocycles. The van der Waals surface area contributed by atoms with Gasteiger partial charge in [0.1, 0.15) is 18.3 Å². The second kappa shape index (κ2) is 9.33. The van der Waals surface area contributed by atoms with E-state index < -0.39 is 30.2 Å². The minimum Gasteiger partial charge on any atom is -0.462 e. The van der Waals surface area contributed by atoms with Crippen molar-refractivity contribution in [2.75, 3.05) is 20.3 Å². The van der Waals surface area contributed by atoms with E-state index in [1.165, 1.54) is 13.3 Å². The number of rotatable bonds is 7. The van der Waals surface area contributed by atoms with Crippen molar-refractivity contribution in [2.45, 2.75) is 64.6 Å². The second-order valence-electron chi connectivity index (χ2n) is 8.92. The predicted octanol–water partition coefficient (Wildman–Crippen LogP) is 2.08. The van der Waals surface area contributed by atoms with Gasteiger partial charge in [-0.15, -0.1) is 0 Å². The SMILES string of the molecule is CNC(=O)OCC1=CO[C@@H](OC(=O)CC(C)C)[C@H]2[C@@H]1C[C@H](OC(=O)NC(C)C)[C@]21CO1. The lowest BCUT2D eigenvalue weighted by Crippen LogP contribution is -2.46. The Bertz CT molecular complexity index is 731. The zero-order valence-electron chi connectivity index (χ0n) is 18.6. The lowest BCUT2D eigenvalue weighted by molar-refractivity contribution is -0.191. The summed E-state index contributed by atoms with van der Waals surface area (Å²) < 4.78 is 28.1. The molecule has 0 aromatic heterocycles. The number of alkyl carbamates (subject to hydrolysis) is 2. The van der Waals surface area contributed by atoms with Gasteiger partial charge in [-0.3, -0.25) is 4.79 Å². The molecule has 174 valence electrons. The van der Waals surface area contributed by atoms with Crippen LogP contribution in [0.15, 0.2) is 11.8 Å². The fourth-order valence-electron chi connectivity index (χ4n) is 4.24. The van der Waals surface area contributed by atoms with Crippen LogP contribution >= 0.6 is 0 Å². The molecule has 1 spiro atoms. The number of nitrogens with one attached hydrogen (secondary N) is 2. The van der Waals surface area contributed by atoms with Crippen LogP contribution in [-0.2, 0) is 28.5 Å². The highest BCUT2D eigenvalue weighted by Gasteiger charge is 2.71. The highest BCUT2D eigenvalue weighted by molar-refractivity contribution is 5.70. The van der Waals surface area contributed by atoms with Crippen molar-refractivity contribution < 1.29 is 38.1 Å². The van der Waals surface area contributed by atoms with Crippen LogP contribution in [0.4, 0.5) is 9.59 Å². The second-order valence-corrected chi connectivity index (χ2v) is 8.92. The molecule has 10 nitrogen and oxygen atoms in total. The largest absolute Gasteiger partial charge is 0.462 e. The summed E-state index contributed by atoms with van der Waals surface area (Å²) in [5.41, 5.74) is -0.0797. The van der Waals surface area contributed by atoms with Crippen molar-refractivity contribution in [1.29, 1.82) is 0 Å². The van der Waals surface area contributed by atoms with Crippen LogP contribution in [0, 0.1) is 17.8 Å². The first-order valence-electron chi connectivity index (χ1n) is 10.7. The van der Waals surface area contributed by atoms with Gasteiger partial charge in [0.05, 0.1) is 18.8 Å². The molecule has 5 atom stereocenters. The minimum atomic E-state index is -0.871. The number of hydrogen-bond donors (Lipinski definition) is 2. The van der Waals surface area contributed by atoms with Gasteiger partial charge >= 0.3 is 18.2 Å². The molecule has 0 aromatic rings. The standard InChI is InChI=1S/C21H32N2O8/c1-11(2)6-16(24)31-18-17-14(13(8-27-18)9-28-19(25)22-5)7-15(21(17)10-29-21)30-20(26)23-12(3)4/h8,11-12,14-15,17-18H,6-7,9-10H2,1-5H3,(H,22,25)(H,23,26)/t14-,15+,17-,18+,21-/m1/s1. The maximum Gasteiger partial charge on any atom is 0.407 e. The van der Waals surface area contributed by atoms with Crippen LogP contribution in [-0.4, -0.2) is 62.5 Å². The number of epoxide rings is 1. The van der Waals surface area contributed by atoms with Crippen molar-refractivity contribution in [2.24, 2.45) is 17.8 Å². The Hall–Kier alpha value is -2.49. The van der Waals surface area contributed by atoms with Gasteiger partial charge in [-0.25, -0.2) is 9.59 Å². The summed E-state index contributed by atoms with van der Waals surface area (Å²) in [4.78, 5) is 36.1. The zero-order valence-corrected chi connectivity index (χ0v) is 18.6. The molecule has 2 fully saturated rings. The van der Waals surface area contributed by atoms with Crippen LogP contribution in [0.25, 0.3) is 0 Å². The first-order valence-corrected chi connectivity index (χ1v) is 10.7. The van der Waals surface area contributed by atoms with Gasteiger partial charge in [-0.05, 0) is 26.2 Å². The van der Waals surface area contributed by atoms with Crippen LogP contribution in [0.1, 0.15) is 40.5 Å². The van der Waals surface area contributed by atoms with Gasteiger partial charge in [0.25, 0.3) is 0 Å². The van der Waals surface area contributed by atoms with Crippen molar-refractivity contribution in [3.63, 3.8) is 0 Å². The van der Waals surface area contributed by atoms with E-state index in [0.29, 0.717) is 13.0 Å². The Balaban J connectivity index is 1.79. The molecular weight excluding hydrogens is 408 g/mol. The molecule has 3 aliphatic rings. The number of hydrogen-bond acceptors (Lipinski definition) is 8. The number of amides is 2. The van der Waals surface area contributed by atoms with Crippen molar-refractivity contribution in [3.05, 3.63) is 11.8 Å². The van der Waals surface area contributed by atoms with Gasteiger partial charge in [-0.2, -0.15) is 0 Å². The number of carbonyl (C=O) groups is 3. The van der Waals surface area contributed by atoms with Gasteiger partial charge in [0.15, 0.2) is 0 Å². The van der Waals surface area contributed by atoms with E-state index in [0.717, 1.165) is 5.57 Å². The van der Waals surface area contributed by atoms with E-state index >= 15 is 0 Å². The third kappa shape index (κ3) is 5.23. The topological polar surface area (TPSA) is 125 Å². The van der Waals surface area contributed by atoms with E-state index in [-0.39, 0.29) is 42.8 Å².